The van der Waals surface area contributed by atoms with Crippen LogP contribution >= 0.6 is 0 Å². The lowest BCUT2D eigenvalue weighted by atomic mass is 10.1. The van der Waals surface area contributed by atoms with Gasteiger partial charge in [-0.1, -0.05) is 36.4 Å². The van der Waals surface area contributed by atoms with Crippen molar-refractivity contribution in [2.75, 3.05) is 0 Å². The van der Waals surface area contributed by atoms with Crippen LogP contribution in [0.15, 0.2) is 46.9 Å². The number of nitrogens with zero attached hydrogens (tertiary/aromatic N) is 1. The van der Waals surface area contributed by atoms with Crippen molar-refractivity contribution in [2.24, 2.45) is 0 Å². The van der Waals surface area contributed by atoms with Crippen molar-refractivity contribution in [1.82, 2.24) is 4.98 Å². The molecule has 0 radical (unpaired) electrons. The third kappa shape index (κ3) is 2.79. The molecule has 0 bridgehead atoms. The monoisotopic (exact) mass is 305 g/mol. The van der Waals surface area contributed by atoms with Gasteiger partial charge in [0.05, 0.1) is 5.56 Å². The van der Waals surface area contributed by atoms with Crippen molar-refractivity contribution in [3.63, 3.8) is 0 Å². The fourth-order valence-corrected chi connectivity index (χ4v) is 3.32. The maximum atomic E-state index is 12.0. The number of oxazole rings is 1. The average Bonchev–Trinajstić information content (AvgIpc) is 3.15. The van der Waals surface area contributed by atoms with Crippen LogP contribution in [0.25, 0.3) is 11.1 Å². The van der Waals surface area contributed by atoms with Gasteiger partial charge in [-0.05, 0) is 42.9 Å². The Morgan fingerprint density at radius 2 is 1.78 bits per heavy atom. The highest BCUT2D eigenvalue weighted by molar-refractivity contribution is 6.09. The standard InChI is InChI=1S/C20H19NO2/c22-17-13-11-15-10-12-16-20(19(15)17)23-18(21-16)9-5-4-8-14-6-2-1-3-7-14/h1-3,6-7,10,12H,4-5,8-9,11,13H2. The van der Waals surface area contributed by atoms with Crippen molar-refractivity contribution in [1.29, 1.82) is 0 Å². The van der Waals surface area contributed by atoms with Crippen LogP contribution in [0, 0.1) is 0 Å². The highest BCUT2D eigenvalue weighted by atomic mass is 16.3. The van der Waals surface area contributed by atoms with E-state index < -0.39 is 0 Å². The molecule has 0 amide bonds. The molecule has 3 aromatic rings. The number of carbonyl (C=O) groups excluding carboxylic acids is 1. The largest absolute Gasteiger partial charge is 0.440 e. The van der Waals surface area contributed by atoms with E-state index >= 15 is 0 Å². The second-order valence-electron chi connectivity index (χ2n) is 6.17. The molecule has 0 N–H and O–H groups in total. The highest BCUT2D eigenvalue weighted by Crippen LogP contribution is 2.30. The van der Waals surface area contributed by atoms with E-state index in [-0.39, 0.29) is 5.78 Å². The lowest BCUT2D eigenvalue weighted by Crippen LogP contribution is -1.91. The first-order valence-corrected chi connectivity index (χ1v) is 8.30. The third-order valence-electron chi connectivity index (χ3n) is 4.54. The van der Waals surface area contributed by atoms with Crippen LogP contribution in [0.4, 0.5) is 0 Å². The van der Waals surface area contributed by atoms with Gasteiger partial charge in [-0.25, -0.2) is 4.98 Å². The Morgan fingerprint density at radius 1 is 0.957 bits per heavy atom. The van der Waals surface area contributed by atoms with Gasteiger partial charge in [0, 0.05) is 12.8 Å². The summed E-state index contributed by atoms with van der Waals surface area (Å²) in [4.78, 5) is 16.6. The molecule has 2 aromatic carbocycles. The molecule has 1 aromatic heterocycles. The molecule has 3 nitrogen and oxygen atoms in total. The number of fused-ring (bicyclic) bond motifs is 3. The molecule has 4 rings (SSSR count). The minimum absolute atomic E-state index is 0.192. The van der Waals surface area contributed by atoms with Crippen molar-refractivity contribution in [2.45, 2.75) is 38.5 Å². The Hall–Kier alpha value is -2.42. The Kier molecular flexibility index (Phi) is 3.70. The molecule has 116 valence electrons. The van der Waals surface area contributed by atoms with Crippen molar-refractivity contribution < 1.29 is 9.21 Å². The molecule has 0 unspecified atom stereocenters. The number of rotatable bonds is 5. The number of unbranched alkanes of at least 4 members (excludes halogenated alkanes) is 1. The van der Waals surface area contributed by atoms with E-state index in [9.17, 15) is 4.79 Å². The molecular weight excluding hydrogens is 286 g/mol. The number of hydrogen-bond donors (Lipinski definition) is 0. The van der Waals surface area contributed by atoms with Crippen LogP contribution in [0.5, 0.6) is 0 Å². The van der Waals surface area contributed by atoms with Crippen LogP contribution in [0.2, 0.25) is 0 Å². The van der Waals surface area contributed by atoms with Crippen LogP contribution in [-0.2, 0) is 19.3 Å². The van der Waals surface area contributed by atoms with E-state index in [1.807, 2.05) is 18.2 Å². The zero-order valence-corrected chi connectivity index (χ0v) is 13.0. The smallest absolute Gasteiger partial charge is 0.195 e. The highest BCUT2D eigenvalue weighted by Gasteiger charge is 2.25. The minimum atomic E-state index is 0.192. The molecule has 0 fully saturated rings. The van der Waals surface area contributed by atoms with E-state index in [0.29, 0.717) is 12.0 Å². The summed E-state index contributed by atoms with van der Waals surface area (Å²) >= 11 is 0. The number of Topliss-reactive ketones (excluding diaryl/α,β-unsaturated/α-hetero) is 1. The first-order valence-electron chi connectivity index (χ1n) is 8.30. The number of aromatic nitrogens is 1. The van der Waals surface area contributed by atoms with E-state index in [2.05, 4.69) is 29.2 Å². The van der Waals surface area contributed by atoms with E-state index in [1.165, 1.54) is 5.56 Å². The lowest BCUT2D eigenvalue weighted by molar-refractivity contribution is 0.0995. The van der Waals surface area contributed by atoms with Crippen LogP contribution in [-0.4, -0.2) is 10.8 Å². The van der Waals surface area contributed by atoms with Gasteiger partial charge in [0.25, 0.3) is 0 Å². The second-order valence-corrected chi connectivity index (χ2v) is 6.17. The summed E-state index contributed by atoms with van der Waals surface area (Å²) in [5.41, 5.74) is 4.76. The van der Waals surface area contributed by atoms with Crippen LogP contribution < -0.4 is 0 Å². The Balaban J connectivity index is 1.44. The average molecular weight is 305 g/mol. The quantitative estimate of drug-likeness (QED) is 0.651. The summed E-state index contributed by atoms with van der Waals surface area (Å²) in [5, 5.41) is 0. The fraction of sp³-hybridized carbons (Fsp3) is 0.300. The molecular formula is C20H19NO2. The van der Waals surface area contributed by atoms with Gasteiger partial charge in [0.2, 0.25) is 0 Å². The first-order chi connectivity index (χ1) is 11.3. The molecule has 0 atom stereocenters. The maximum Gasteiger partial charge on any atom is 0.195 e. The van der Waals surface area contributed by atoms with Crippen LogP contribution in [0.3, 0.4) is 0 Å². The van der Waals surface area contributed by atoms with Gasteiger partial charge in [-0.2, -0.15) is 0 Å². The lowest BCUT2D eigenvalue weighted by Gasteiger charge is -1.99. The molecule has 1 aliphatic carbocycles. The summed E-state index contributed by atoms with van der Waals surface area (Å²) in [6.07, 6.45) is 5.48. The number of hydrogen-bond acceptors (Lipinski definition) is 3. The van der Waals surface area contributed by atoms with Crippen molar-refractivity contribution in [3.8, 4) is 0 Å². The molecule has 0 saturated heterocycles. The molecule has 0 saturated carbocycles. The normalized spacial score (nSPS) is 13.7. The molecule has 1 aliphatic rings. The number of benzene rings is 2. The maximum absolute atomic E-state index is 12.0. The van der Waals surface area contributed by atoms with Gasteiger partial charge < -0.3 is 4.42 Å². The van der Waals surface area contributed by atoms with Gasteiger partial charge in [0.1, 0.15) is 5.52 Å². The summed E-state index contributed by atoms with van der Waals surface area (Å²) in [6.45, 7) is 0. The topological polar surface area (TPSA) is 43.1 Å². The zero-order valence-electron chi connectivity index (χ0n) is 13.0. The van der Waals surface area contributed by atoms with E-state index in [1.54, 1.807) is 0 Å². The zero-order chi connectivity index (χ0) is 15.6. The summed E-state index contributed by atoms with van der Waals surface area (Å²) < 4.78 is 5.90. The van der Waals surface area contributed by atoms with Crippen molar-refractivity contribution in [3.05, 3.63) is 65.0 Å². The van der Waals surface area contributed by atoms with E-state index in [0.717, 1.165) is 54.6 Å². The molecule has 0 aliphatic heterocycles. The number of aryl methyl sites for hydroxylation is 3. The predicted octanol–water partition coefficient (Wildman–Crippen LogP) is 4.52. The third-order valence-corrected chi connectivity index (χ3v) is 4.54. The SMILES string of the molecule is O=C1CCc2ccc3nc(CCCCc4ccccc4)oc3c21. The molecule has 3 heteroatoms. The summed E-state index contributed by atoms with van der Waals surface area (Å²) in [5.74, 6) is 0.943. The van der Waals surface area contributed by atoms with Gasteiger partial charge in [-0.3, -0.25) is 4.79 Å². The predicted molar refractivity (Wildman–Crippen MR) is 89.7 cm³/mol. The Labute approximate surface area is 135 Å². The number of carbonyl (C=O) groups is 1. The van der Waals surface area contributed by atoms with Gasteiger partial charge in [0.15, 0.2) is 17.3 Å². The van der Waals surface area contributed by atoms with E-state index in [4.69, 9.17) is 4.42 Å². The van der Waals surface area contributed by atoms with Crippen LogP contribution in [0.1, 0.15) is 46.6 Å². The summed E-state index contributed by atoms with van der Waals surface area (Å²) in [6, 6.07) is 14.5. The van der Waals surface area contributed by atoms with Crippen molar-refractivity contribution >= 4 is 16.9 Å². The second kappa shape index (κ2) is 5.99. The molecule has 0 spiro atoms. The first kappa shape index (κ1) is 14.2. The van der Waals surface area contributed by atoms with Gasteiger partial charge in [-0.15, -0.1) is 0 Å². The van der Waals surface area contributed by atoms with Gasteiger partial charge >= 0.3 is 0 Å². The fourth-order valence-electron chi connectivity index (χ4n) is 3.32. The minimum Gasteiger partial charge on any atom is -0.440 e. The molecule has 1 heterocycles. The number of ketones is 1. The Bertz CT molecular complexity index is 849. The Morgan fingerprint density at radius 3 is 2.65 bits per heavy atom. The summed E-state index contributed by atoms with van der Waals surface area (Å²) in [7, 11) is 0. The molecule has 23 heavy (non-hydrogen) atoms.